The van der Waals surface area contributed by atoms with E-state index in [1.165, 1.54) is 0 Å². The lowest BCUT2D eigenvalue weighted by atomic mass is 10.0. The van der Waals surface area contributed by atoms with Crippen LogP contribution < -0.4 is 10.1 Å². The van der Waals surface area contributed by atoms with Gasteiger partial charge in [0.1, 0.15) is 11.6 Å². The summed E-state index contributed by atoms with van der Waals surface area (Å²) < 4.78 is 7.58. The van der Waals surface area contributed by atoms with Crippen molar-refractivity contribution in [1.82, 2.24) is 19.8 Å². The van der Waals surface area contributed by atoms with Crippen molar-refractivity contribution in [2.24, 2.45) is 0 Å². The summed E-state index contributed by atoms with van der Waals surface area (Å²) in [5.74, 6) is 1.78. The van der Waals surface area contributed by atoms with Gasteiger partial charge in [0.05, 0.1) is 26.2 Å². The maximum atomic E-state index is 12.5. The standard InChI is InChI=1S/C16H20N4O2/c1-17-9-16(21)20-11-15-18-7-8-19(15)10-13(20)12-5-3-4-6-14(12)22-2/h3-8,13,17H,9-11H2,1-2H3/t13-/m0/s1. The molecule has 0 saturated carbocycles. The average molecular weight is 300 g/mol. The van der Waals surface area contributed by atoms with Crippen LogP contribution in [0.2, 0.25) is 0 Å². The third kappa shape index (κ3) is 2.57. The molecule has 1 atom stereocenters. The lowest BCUT2D eigenvalue weighted by Gasteiger charge is -2.37. The Bertz CT molecular complexity index is 668. The van der Waals surface area contributed by atoms with Crippen LogP contribution in [0.1, 0.15) is 17.4 Å². The number of aromatic nitrogens is 2. The number of imidazole rings is 1. The predicted molar refractivity (Wildman–Crippen MR) is 82.4 cm³/mol. The molecule has 1 amide bonds. The number of nitrogens with one attached hydrogen (secondary N) is 1. The molecule has 0 fully saturated rings. The summed E-state index contributed by atoms with van der Waals surface area (Å²) in [6, 6.07) is 7.80. The molecule has 0 aliphatic carbocycles. The minimum Gasteiger partial charge on any atom is -0.496 e. The molecule has 0 spiro atoms. The molecule has 3 rings (SSSR count). The molecule has 0 saturated heterocycles. The largest absolute Gasteiger partial charge is 0.496 e. The minimum absolute atomic E-state index is 0.0568. The van der Waals surface area contributed by atoms with Crippen LogP contribution in [0.5, 0.6) is 5.75 Å². The zero-order valence-corrected chi connectivity index (χ0v) is 12.8. The van der Waals surface area contributed by atoms with E-state index < -0.39 is 0 Å². The fourth-order valence-corrected chi connectivity index (χ4v) is 2.93. The molecule has 1 aliphatic heterocycles. The molecule has 2 heterocycles. The number of hydrogen-bond acceptors (Lipinski definition) is 4. The molecule has 6 heteroatoms. The zero-order chi connectivity index (χ0) is 15.5. The normalized spacial score (nSPS) is 17.2. The van der Waals surface area contributed by atoms with E-state index in [1.807, 2.05) is 35.4 Å². The van der Waals surface area contributed by atoms with Crippen LogP contribution in [0.4, 0.5) is 0 Å². The van der Waals surface area contributed by atoms with Gasteiger partial charge in [0.2, 0.25) is 5.91 Å². The van der Waals surface area contributed by atoms with Gasteiger partial charge in [0.25, 0.3) is 0 Å². The number of carbonyl (C=O) groups excluding carboxylic acids is 1. The molecular weight excluding hydrogens is 280 g/mol. The van der Waals surface area contributed by atoms with Gasteiger partial charge in [-0.1, -0.05) is 18.2 Å². The molecule has 6 nitrogen and oxygen atoms in total. The molecule has 1 aromatic heterocycles. The number of rotatable bonds is 4. The highest BCUT2D eigenvalue weighted by Gasteiger charge is 2.32. The lowest BCUT2D eigenvalue weighted by molar-refractivity contribution is -0.134. The van der Waals surface area contributed by atoms with E-state index in [2.05, 4.69) is 14.9 Å². The lowest BCUT2D eigenvalue weighted by Crippen LogP contribution is -2.44. The van der Waals surface area contributed by atoms with Crippen molar-refractivity contribution in [3.8, 4) is 5.75 Å². The average Bonchev–Trinajstić information content (AvgIpc) is 3.01. The topological polar surface area (TPSA) is 59.4 Å². The van der Waals surface area contributed by atoms with Crippen LogP contribution in [-0.4, -0.2) is 41.1 Å². The van der Waals surface area contributed by atoms with Gasteiger partial charge in [0.15, 0.2) is 0 Å². The first-order valence-corrected chi connectivity index (χ1v) is 7.31. The maximum absolute atomic E-state index is 12.5. The van der Waals surface area contributed by atoms with Crippen molar-refractivity contribution in [1.29, 1.82) is 0 Å². The Morgan fingerprint density at radius 1 is 1.45 bits per heavy atom. The molecular formula is C16H20N4O2. The van der Waals surface area contributed by atoms with Crippen molar-refractivity contribution in [2.75, 3.05) is 20.7 Å². The van der Waals surface area contributed by atoms with Crippen molar-refractivity contribution >= 4 is 5.91 Å². The number of para-hydroxylation sites is 1. The Morgan fingerprint density at radius 2 is 2.27 bits per heavy atom. The van der Waals surface area contributed by atoms with Gasteiger partial charge in [-0.05, 0) is 13.1 Å². The molecule has 1 aromatic carbocycles. The minimum atomic E-state index is -0.0568. The first-order valence-electron chi connectivity index (χ1n) is 7.31. The van der Waals surface area contributed by atoms with Crippen LogP contribution in [0.25, 0.3) is 0 Å². The maximum Gasteiger partial charge on any atom is 0.237 e. The van der Waals surface area contributed by atoms with Gasteiger partial charge in [-0.25, -0.2) is 4.98 Å². The molecule has 1 aliphatic rings. The highest BCUT2D eigenvalue weighted by molar-refractivity contribution is 5.79. The van der Waals surface area contributed by atoms with Gasteiger partial charge >= 0.3 is 0 Å². The summed E-state index contributed by atoms with van der Waals surface area (Å²) in [7, 11) is 3.44. The first kappa shape index (κ1) is 14.6. The Morgan fingerprint density at radius 3 is 3.05 bits per heavy atom. The Kier molecular flexibility index (Phi) is 4.11. The highest BCUT2D eigenvalue weighted by Crippen LogP contribution is 2.34. The number of fused-ring (bicyclic) bond motifs is 1. The van der Waals surface area contributed by atoms with Gasteiger partial charge < -0.3 is 19.5 Å². The fraction of sp³-hybridized carbons (Fsp3) is 0.375. The number of ether oxygens (including phenoxy) is 1. The first-order chi connectivity index (χ1) is 10.7. The van der Waals surface area contributed by atoms with Gasteiger partial charge in [0, 0.05) is 24.5 Å². The second-order valence-electron chi connectivity index (χ2n) is 5.31. The number of amides is 1. The van der Waals surface area contributed by atoms with E-state index in [4.69, 9.17) is 4.74 Å². The number of nitrogens with zero attached hydrogens (tertiary/aromatic N) is 3. The molecule has 22 heavy (non-hydrogen) atoms. The number of methoxy groups -OCH3 is 1. The summed E-state index contributed by atoms with van der Waals surface area (Å²) in [5.41, 5.74) is 1.02. The quantitative estimate of drug-likeness (QED) is 0.921. The van der Waals surface area contributed by atoms with Crippen molar-refractivity contribution < 1.29 is 9.53 Å². The van der Waals surface area contributed by atoms with E-state index in [-0.39, 0.29) is 11.9 Å². The van der Waals surface area contributed by atoms with E-state index in [0.717, 1.165) is 17.1 Å². The predicted octanol–water partition coefficient (Wildman–Crippen LogP) is 1.19. The monoisotopic (exact) mass is 300 g/mol. The fourth-order valence-electron chi connectivity index (χ4n) is 2.93. The van der Waals surface area contributed by atoms with E-state index >= 15 is 0 Å². The summed E-state index contributed by atoms with van der Waals surface area (Å²) in [6.45, 7) is 1.51. The molecule has 0 radical (unpaired) electrons. The third-order valence-electron chi connectivity index (χ3n) is 4.01. The van der Waals surface area contributed by atoms with Crippen molar-refractivity contribution in [2.45, 2.75) is 19.1 Å². The second-order valence-corrected chi connectivity index (χ2v) is 5.31. The smallest absolute Gasteiger partial charge is 0.237 e. The summed E-state index contributed by atoms with van der Waals surface area (Å²) in [6.07, 6.45) is 3.73. The van der Waals surface area contributed by atoms with Crippen molar-refractivity contribution in [3.05, 3.63) is 48.0 Å². The van der Waals surface area contributed by atoms with Gasteiger partial charge in [-0.15, -0.1) is 0 Å². The summed E-state index contributed by atoms with van der Waals surface area (Å²) in [5, 5.41) is 2.93. The van der Waals surface area contributed by atoms with Crippen LogP contribution >= 0.6 is 0 Å². The van der Waals surface area contributed by atoms with Gasteiger partial charge in [-0.3, -0.25) is 4.79 Å². The molecule has 1 N–H and O–H groups in total. The van der Waals surface area contributed by atoms with Crippen LogP contribution in [0, 0.1) is 0 Å². The molecule has 0 unspecified atom stereocenters. The highest BCUT2D eigenvalue weighted by atomic mass is 16.5. The van der Waals surface area contributed by atoms with Crippen LogP contribution in [0.15, 0.2) is 36.7 Å². The summed E-state index contributed by atoms with van der Waals surface area (Å²) >= 11 is 0. The molecule has 2 aromatic rings. The zero-order valence-electron chi connectivity index (χ0n) is 12.8. The van der Waals surface area contributed by atoms with E-state index in [9.17, 15) is 4.79 Å². The second kappa shape index (κ2) is 6.19. The van der Waals surface area contributed by atoms with Crippen molar-refractivity contribution in [3.63, 3.8) is 0 Å². The SMILES string of the molecule is CNCC(=O)N1Cc2nccn2C[C@H]1c1ccccc1OC. The number of hydrogen-bond donors (Lipinski definition) is 1. The van der Waals surface area contributed by atoms with E-state index in [1.54, 1.807) is 20.4 Å². The third-order valence-corrected chi connectivity index (χ3v) is 4.01. The van der Waals surface area contributed by atoms with Crippen LogP contribution in [0.3, 0.4) is 0 Å². The number of carbonyl (C=O) groups is 1. The van der Waals surface area contributed by atoms with Gasteiger partial charge in [-0.2, -0.15) is 0 Å². The number of benzene rings is 1. The van der Waals surface area contributed by atoms with E-state index in [0.29, 0.717) is 19.6 Å². The Hall–Kier alpha value is -2.34. The van der Waals surface area contributed by atoms with Crippen LogP contribution in [-0.2, 0) is 17.9 Å². The molecule has 116 valence electrons. The Balaban J connectivity index is 2.00. The summed E-state index contributed by atoms with van der Waals surface area (Å²) in [4.78, 5) is 18.7. The Labute approximate surface area is 129 Å². The number of likely N-dealkylation sites (N-methyl/N-ethyl adjacent to an activating group) is 1. The molecule has 0 bridgehead atoms.